The van der Waals surface area contributed by atoms with Gasteiger partial charge in [-0.15, -0.1) is 0 Å². The van der Waals surface area contributed by atoms with Crippen molar-refractivity contribution in [1.29, 1.82) is 0 Å². The Balaban J connectivity index is 5.41. The third-order valence-corrected chi connectivity index (χ3v) is 12.9. The molecule has 0 spiro atoms. The Morgan fingerprint density at radius 3 is 1.45 bits per heavy atom. The minimum absolute atomic E-state index is 0.0184. The summed E-state index contributed by atoms with van der Waals surface area (Å²) in [6, 6.07) is -0.891. The number of hydrogen-bond acceptors (Lipinski definition) is 6. The Kier molecular flexibility index (Phi) is 50.4. The first-order valence-electron chi connectivity index (χ1n) is 29.2. The number of likely N-dealkylation sites (N-methyl/N-ethyl adjacent to an activating group) is 1. The van der Waals surface area contributed by atoms with Gasteiger partial charge in [0, 0.05) is 12.8 Å². The van der Waals surface area contributed by atoms with Crippen LogP contribution in [0.1, 0.15) is 201 Å². The fraction of sp³-hybridized carbons (Fsp3) is 0.600. The molecule has 0 heterocycles. The molecule has 0 radical (unpaired) electrons. The molecule has 0 fully saturated rings. The number of allylic oxidation sites excluding steroid dienone is 23. The lowest BCUT2D eigenvalue weighted by molar-refractivity contribution is -0.870. The number of phosphoric acid groups is 1. The topological polar surface area (TPSA) is 111 Å². The van der Waals surface area contributed by atoms with E-state index in [1.807, 2.05) is 94.1 Å². The highest BCUT2D eigenvalue weighted by Gasteiger charge is 2.30. The molecule has 0 aromatic carbocycles. The quantitative estimate of drug-likeness (QED) is 0.0156. The zero-order valence-corrected chi connectivity index (χ0v) is 49.1. The molecule has 0 saturated heterocycles. The minimum Gasteiger partial charge on any atom is -0.456 e. The summed E-state index contributed by atoms with van der Waals surface area (Å²) in [7, 11) is 1.42. The maximum absolute atomic E-state index is 13.5. The van der Waals surface area contributed by atoms with Crippen LogP contribution >= 0.6 is 7.82 Å². The van der Waals surface area contributed by atoms with E-state index >= 15 is 0 Å². The number of carbonyl (C=O) groups is 2. The predicted octanol–water partition coefficient (Wildman–Crippen LogP) is 17.9. The van der Waals surface area contributed by atoms with Gasteiger partial charge in [0.1, 0.15) is 19.3 Å². The third-order valence-electron chi connectivity index (χ3n) is 11.9. The van der Waals surface area contributed by atoms with E-state index in [9.17, 15) is 19.0 Å². The number of quaternary nitrogens is 1. The fourth-order valence-electron chi connectivity index (χ4n) is 7.47. The van der Waals surface area contributed by atoms with Gasteiger partial charge in [0.2, 0.25) is 5.91 Å². The zero-order valence-electron chi connectivity index (χ0n) is 48.2. The van der Waals surface area contributed by atoms with E-state index in [2.05, 4.69) is 99.0 Å². The molecule has 0 aromatic heterocycles. The fourth-order valence-corrected chi connectivity index (χ4v) is 8.20. The van der Waals surface area contributed by atoms with Gasteiger partial charge < -0.3 is 19.4 Å². The highest BCUT2D eigenvalue weighted by atomic mass is 31.2. The Bertz CT molecular complexity index is 1790. The maximum atomic E-state index is 13.5. The van der Waals surface area contributed by atoms with Crippen LogP contribution in [0.2, 0.25) is 0 Å². The lowest BCUT2D eigenvalue weighted by Crippen LogP contribution is -2.47. The molecule has 75 heavy (non-hydrogen) atoms. The molecule has 0 aliphatic heterocycles. The molecule has 0 aromatic rings. The van der Waals surface area contributed by atoms with Crippen molar-refractivity contribution in [2.45, 2.75) is 213 Å². The Morgan fingerprint density at radius 1 is 0.493 bits per heavy atom. The first-order valence-corrected chi connectivity index (χ1v) is 30.7. The van der Waals surface area contributed by atoms with Crippen molar-refractivity contribution >= 4 is 19.7 Å². The van der Waals surface area contributed by atoms with Crippen LogP contribution in [0, 0.1) is 0 Å². The molecule has 9 nitrogen and oxygen atoms in total. The SMILES string of the molecule is CC\C=C/C=C/C=C/C=C\C=C\C=C\CCCCCC(=O)NC(COP(=O)(O)OCC[N+](C)(C)C)C(/C=C/CCCCCCCCCCC)OC(=O)CCCCCCC/C=C\C/C=C\C/C=C\C/C=C\C/C=C\CC. The number of carbonyl (C=O) groups excluding carboxylic acids is 2. The van der Waals surface area contributed by atoms with E-state index in [1.54, 1.807) is 0 Å². The normalized spacial score (nSPS) is 14.8. The Morgan fingerprint density at radius 2 is 0.920 bits per heavy atom. The van der Waals surface area contributed by atoms with Crippen molar-refractivity contribution in [2.75, 3.05) is 40.9 Å². The van der Waals surface area contributed by atoms with Gasteiger partial charge in [0.25, 0.3) is 0 Å². The van der Waals surface area contributed by atoms with Crippen molar-refractivity contribution in [2.24, 2.45) is 0 Å². The molecular formula is C65H108N2O7P+. The number of amides is 1. The van der Waals surface area contributed by atoms with Crippen LogP contribution in [0.4, 0.5) is 0 Å². The van der Waals surface area contributed by atoms with Crippen molar-refractivity contribution < 1.29 is 37.3 Å². The van der Waals surface area contributed by atoms with Crippen molar-refractivity contribution in [3.8, 4) is 0 Å². The summed E-state index contributed by atoms with van der Waals surface area (Å²) in [6.07, 6.45) is 77.0. The third kappa shape index (κ3) is 54.5. The van der Waals surface area contributed by atoms with Gasteiger partial charge in [-0.25, -0.2) is 4.57 Å². The monoisotopic (exact) mass is 1060 g/mol. The lowest BCUT2D eigenvalue weighted by atomic mass is 10.1. The molecule has 0 aliphatic rings. The van der Waals surface area contributed by atoms with Crippen LogP contribution in [0.25, 0.3) is 0 Å². The highest BCUT2D eigenvalue weighted by Crippen LogP contribution is 2.43. The van der Waals surface area contributed by atoms with Crippen LogP contribution in [0.5, 0.6) is 0 Å². The van der Waals surface area contributed by atoms with E-state index in [0.29, 0.717) is 23.9 Å². The van der Waals surface area contributed by atoms with Gasteiger partial charge in [0.05, 0.1) is 33.8 Å². The number of ether oxygens (including phenoxy) is 1. The van der Waals surface area contributed by atoms with Crippen molar-refractivity contribution in [3.05, 3.63) is 146 Å². The molecule has 0 rings (SSSR count). The lowest BCUT2D eigenvalue weighted by Gasteiger charge is -2.27. The largest absolute Gasteiger partial charge is 0.472 e. The molecule has 0 saturated carbocycles. The minimum atomic E-state index is -4.47. The van der Waals surface area contributed by atoms with Crippen molar-refractivity contribution in [1.82, 2.24) is 5.32 Å². The number of esters is 1. The van der Waals surface area contributed by atoms with Gasteiger partial charge in [-0.3, -0.25) is 18.6 Å². The molecule has 10 heteroatoms. The maximum Gasteiger partial charge on any atom is 0.472 e. The van der Waals surface area contributed by atoms with E-state index in [1.165, 1.54) is 44.9 Å². The van der Waals surface area contributed by atoms with Gasteiger partial charge in [-0.1, -0.05) is 238 Å². The second kappa shape index (κ2) is 53.3. The number of nitrogens with one attached hydrogen (secondary N) is 1. The molecule has 0 bridgehead atoms. The average Bonchev–Trinajstić information content (AvgIpc) is 3.37. The molecule has 3 unspecified atom stereocenters. The summed E-state index contributed by atoms with van der Waals surface area (Å²) in [5.74, 6) is -0.594. The van der Waals surface area contributed by atoms with Crippen LogP contribution in [-0.4, -0.2) is 74.3 Å². The van der Waals surface area contributed by atoms with E-state index < -0.39 is 20.0 Å². The number of rotatable bonds is 50. The van der Waals surface area contributed by atoms with Crippen molar-refractivity contribution in [3.63, 3.8) is 0 Å². The second-order valence-electron chi connectivity index (χ2n) is 20.2. The zero-order chi connectivity index (χ0) is 55.0. The molecule has 1 amide bonds. The van der Waals surface area contributed by atoms with Gasteiger partial charge in [-0.05, 0) is 96.0 Å². The molecular weight excluding hydrogens is 952 g/mol. The Labute approximate surface area is 459 Å². The summed E-state index contributed by atoms with van der Waals surface area (Å²) < 4.78 is 30.6. The van der Waals surface area contributed by atoms with Gasteiger partial charge in [-0.2, -0.15) is 0 Å². The van der Waals surface area contributed by atoms with E-state index in [4.69, 9.17) is 13.8 Å². The van der Waals surface area contributed by atoms with Gasteiger partial charge in [0.15, 0.2) is 0 Å². The van der Waals surface area contributed by atoms with Crippen LogP contribution in [0.3, 0.4) is 0 Å². The number of unbranched alkanes of at least 4 members (excludes halogenated alkanes) is 17. The highest BCUT2D eigenvalue weighted by molar-refractivity contribution is 7.47. The van der Waals surface area contributed by atoms with Crippen LogP contribution in [0.15, 0.2) is 146 Å². The standard InChI is InChI=1S/C65H107N2O7P/c1-7-10-13-16-19-22-25-27-29-31-32-33-34-36-38-40-43-46-49-52-55-58-65(69)74-63(56-53-50-47-44-41-24-21-18-15-12-9-3)62(61-73-75(70,71)72-60-59-67(4,5)6)66-64(68)57-54-51-48-45-42-39-37-35-30-28-26-23-20-17-14-11-8-2/h10-11,13-14,17,19-20,22-23,26-30,32-33,35-39,42,53,56,62-63H,7-9,12,15-16,18,21,24-25,31,34,40-41,43-52,54-55,57-61H2,1-6H3,(H-,66,68,70,71)/p+1/b13-10-,14-11-,20-17+,22-19-,26-23+,29-27-,30-28-,33-32-,37-35+,38-36-,42-39+,56-53+. The second-order valence-corrected chi connectivity index (χ2v) is 21.7. The smallest absolute Gasteiger partial charge is 0.456 e. The Hall–Kier alpha value is -4.11. The number of phosphoric ester groups is 1. The van der Waals surface area contributed by atoms with Crippen LogP contribution in [-0.2, 0) is 27.9 Å². The summed E-state index contributed by atoms with van der Waals surface area (Å²) in [4.78, 5) is 37.6. The first-order chi connectivity index (χ1) is 36.4. The van der Waals surface area contributed by atoms with Gasteiger partial charge >= 0.3 is 13.8 Å². The first kappa shape index (κ1) is 70.9. The molecule has 0 aliphatic carbocycles. The summed E-state index contributed by atoms with van der Waals surface area (Å²) in [5.41, 5.74) is 0. The molecule has 3 atom stereocenters. The molecule has 2 N–H and O–H groups in total. The average molecular weight is 1060 g/mol. The van der Waals surface area contributed by atoms with E-state index in [-0.39, 0.29) is 37.9 Å². The number of hydrogen-bond donors (Lipinski definition) is 2. The van der Waals surface area contributed by atoms with E-state index in [0.717, 1.165) is 109 Å². The summed E-state index contributed by atoms with van der Waals surface area (Å²) in [5, 5.41) is 3.01. The summed E-state index contributed by atoms with van der Waals surface area (Å²) in [6.45, 7) is 6.66. The summed E-state index contributed by atoms with van der Waals surface area (Å²) >= 11 is 0. The molecule has 424 valence electrons. The van der Waals surface area contributed by atoms with Crippen LogP contribution < -0.4 is 5.32 Å². The number of nitrogens with zero attached hydrogens (tertiary/aromatic N) is 1. The predicted molar refractivity (Wildman–Crippen MR) is 322 cm³/mol.